The minimum Gasteiger partial charge on any atom is -0.465 e. The molecule has 0 amide bonds. The maximum atomic E-state index is 11.6. The van der Waals surface area contributed by atoms with Crippen LogP contribution in [0.4, 0.5) is 0 Å². The third kappa shape index (κ3) is 2.33. The fourth-order valence-corrected chi connectivity index (χ4v) is 1.88. The van der Waals surface area contributed by atoms with Gasteiger partial charge in [0.1, 0.15) is 17.0 Å². The monoisotopic (exact) mass is 343 g/mol. The summed E-state index contributed by atoms with van der Waals surface area (Å²) in [6.45, 7) is 1.69. The molecule has 0 aliphatic heterocycles. The largest absolute Gasteiger partial charge is 0.465 e. The van der Waals surface area contributed by atoms with Crippen LogP contribution in [0.1, 0.15) is 16.1 Å². The predicted octanol–water partition coefficient (Wildman–Crippen LogP) is 3.04. The number of carbonyl (C=O) groups is 1. The number of methoxy groups -OCH3 is 1. The molecule has 0 fully saturated rings. The molecular formula is C12H10INO3. The number of aromatic nitrogens is 1. The summed E-state index contributed by atoms with van der Waals surface area (Å²) >= 11 is 2.22. The lowest BCUT2D eigenvalue weighted by Crippen LogP contribution is -2.03. The molecule has 2 aromatic rings. The van der Waals surface area contributed by atoms with E-state index >= 15 is 0 Å². The smallest absolute Gasteiger partial charge is 0.343 e. The molecule has 0 saturated carbocycles. The molecule has 1 heterocycles. The van der Waals surface area contributed by atoms with E-state index in [0.717, 1.165) is 9.13 Å². The minimum atomic E-state index is -0.433. The van der Waals surface area contributed by atoms with Crippen molar-refractivity contribution in [3.63, 3.8) is 0 Å². The maximum Gasteiger partial charge on any atom is 0.343 e. The van der Waals surface area contributed by atoms with E-state index in [1.54, 1.807) is 6.92 Å². The summed E-state index contributed by atoms with van der Waals surface area (Å²) in [5.41, 5.74) is 1.74. The Kier molecular flexibility index (Phi) is 3.46. The molecule has 5 heteroatoms. The number of hydrogen-bond donors (Lipinski definition) is 0. The second-order valence-corrected chi connectivity index (χ2v) is 4.71. The van der Waals surface area contributed by atoms with Gasteiger partial charge in [0.05, 0.1) is 7.11 Å². The Hall–Kier alpha value is -1.37. The van der Waals surface area contributed by atoms with Crippen LogP contribution in [0.15, 0.2) is 28.8 Å². The Balaban J connectivity index is 2.52. The van der Waals surface area contributed by atoms with Crippen LogP contribution in [0.25, 0.3) is 11.3 Å². The first-order valence-corrected chi connectivity index (χ1v) is 6.02. The van der Waals surface area contributed by atoms with Gasteiger partial charge in [0.25, 0.3) is 0 Å². The quantitative estimate of drug-likeness (QED) is 0.621. The molecule has 2 rings (SSSR count). The average Bonchev–Trinajstić information content (AvgIpc) is 2.71. The zero-order valence-corrected chi connectivity index (χ0v) is 11.5. The second-order valence-electron chi connectivity index (χ2n) is 3.46. The molecule has 0 aliphatic rings. The van der Waals surface area contributed by atoms with Crippen molar-refractivity contribution in [2.75, 3.05) is 7.11 Å². The van der Waals surface area contributed by atoms with E-state index in [0.29, 0.717) is 17.0 Å². The number of carbonyl (C=O) groups excluding carboxylic acids is 1. The first-order chi connectivity index (χ1) is 8.13. The molecule has 0 N–H and O–H groups in total. The molecular weight excluding hydrogens is 333 g/mol. The maximum absolute atomic E-state index is 11.6. The first kappa shape index (κ1) is 12.1. The molecule has 4 nitrogen and oxygen atoms in total. The van der Waals surface area contributed by atoms with Crippen molar-refractivity contribution in [1.29, 1.82) is 0 Å². The van der Waals surface area contributed by atoms with Crippen LogP contribution in [-0.2, 0) is 4.74 Å². The van der Waals surface area contributed by atoms with E-state index in [2.05, 4.69) is 27.7 Å². The number of aryl methyl sites for hydroxylation is 1. The Labute approximate surface area is 112 Å². The van der Waals surface area contributed by atoms with Gasteiger partial charge in [-0.05, 0) is 41.6 Å². The highest BCUT2D eigenvalue weighted by Gasteiger charge is 2.21. The molecule has 0 atom stereocenters. The lowest BCUT2D eigenvalue weighted by atomic mass is 10.1. The lowest BCUT2D eigenvalue weighted by molar-refractivity contribution is 0.0599. The van der Waals surface area contributed by atoms with Gasteiger partial charge in [-0.2, -0.15) is 0 Å². The van der Waals surface area contributed by atoms with E-state index < -0.39 is 5.97 Å². The van der Waals surface area contributed by atoms with E-state index in [9.17, 15) is 4.79 Å². The molecule has 0 bridgehead atoms. The predicted molar refractivity (Wildman–Crippen MR) is 70.7 cm³/mol. The summed E-state index contributed by atoms with van der Waals surface area (Å²) < 4.78 is 10.9. The van der Waals surface area contributed by atoms with Crippen LogP contribution in [0.2, 0.25) is 0 Å². The SMILES string of the molecule is COC(=O)c1c(-c2ccc(I)cc2)noc1C. The van der Waals surface area contributed by atoms with Crippen LogP contribution < -0.4 is 0 Å². The van der Waals surface area contributed by atoms with Crippen molar-refractivity contribution in [2.24, 2.45) is 0 Å². The summed E-state index contributed by atoms with van der Waals surface area (Å²) in [4.78, 5) is 11.6. The van der Waals surface area contributed by atoms with Crippen LogP contribution in [-0.4, -0.2) is 18.2 Å². The van der Waals surface area contributed by atoms with E-state index in [1.807, 2.05) is 24.3 Å². The molecule has 0 unspecified atom stereocenters. The molecule has 1 aromatic carbocycles. The zero-order valence-electron chi connectivity index (χ0n) is 9.36. The zero-order chi connectivity index (χ0) is 12.4. The third-order valence-corrected chi connectivity index (χ3v) is 3.09. The van der Waals surface area contributed by atoms with E-state index in [4.69, 9.17) is 9.26 Å². The molecule has 0 spiro atoms. The lowest BCUT2D eigenvalue weighted by Gasteiger charge is -2.00. The highest BCUT2D eigenvalue weighted by atomic mass is 127. The number of rotatable bonds is 2. The number of hydrogen-bond acceptors (Lipinski definition) is 4. The molecule has 0 saturated heterocycles. The van der Waals surface area contributed by atoms with Gasteiger partial charge in [0.15, 0.2) is 0 Å². The topological polar surface area (TPSA) is 52.3 Å². The summed E-state index contributed by atoms with van der Waals surface area (Å²) in [5.74, 6) is 0.0303. The second kappa shape index (κ2) is 4.87. The van der Waals surface area contributed by atoms with Crippen molar-refractivity contribution in [3.05, 3.63) is 39.2 Å². The van der Waals surface area contributed by atoms with Crippen molar-refractivity contribution in [2.45, 2.75) is 6.92 Å². The number of halogens is 1. The number of benzene rings is 1. The van der Waals surface area contributed by atoms with Crippen molar-refractivity contribution >= 4 is 28.6 Å². The number of ether oxygens (including phenoxy) is 1. The van der Waals surface area contributed by atoms with Gasteiger partial charge in [0.2, 0.25) is 0 Å². The van der Waals surface area contributed by atoms with Crippen molar-refractivity contribution in [1.82, 2.24) is 5.16 Å². The molecule has 17 heavy (non-hydrogen) atoms. The third-order valence-electron chi connectivity index (χ3n) is 2.37. The fraction of sp³-hybridized carbons (Fsp3) is 0.167. The first-order valence-electron chi connectivity index (χ1n) is 4.94. The fourth-order valence-electron chi connectivity index (χ4n) is 1.52. The summed E-state index contributed by atoms with van der Waals surface area (Å²) in [6.07, 6.45) is 0. The number of nitrogens with zero attached hydrogens (tertiary/aromatic N) is 1. The standard InChI is InChI=1S/C12H10INO3/c1-7-10(12(15)16-2)11(14-17-7)8-3-5-9(13)6-4-8/h3-6H,1-2H3. The Bertz CT molecular complexity index is 545. The van der Waals surface area contributed by atoms with Gasteiger partial charge in [-0.1, -0.05) is 17.3 Å². The number of esters is 1. The Morgan fingerprint density at radius 1 is 1.35 bits per heavy atom. The van der Waals surface area contributed by atoms with Gasteiger partial charge in [0, 0.05) is 9.13 Å². The Morgan fingerprint density at radius 2 is 2.00 bits per heavy atom. The van der Waals surface area contributed by atoms with E-state index in [1.165, 1.54) is 7.11 Å². The highest BCUT2D eigenvalue weighted by molar-refractivity contribution is 14.1. The average molecular weight is 343 g/mol. The van der Waals surface area contributed by atoms with Gasteiger partial charge in [-0.15, -0.1) is 0 Å². The molecule has 0 radical (unpaired) electrons. The van der Waals surface area contributed by atoms with Gasteiger partial charge >= 0.3 is 5.97 Å². The van der Waals surface area contributed by atoms with Gasteiger partial charge < -0.3 is 9.26 Å². The van der Waals surface area contributed by atoms with Crippen LogP contribution in [0.3, 0.4) is 0 Å². The molecule has 0 aliphatic carbocycles. The van der Waals surface area contributed by atoms with Gasteiger partial charge in [-0.25, -0.2) is 4.79 Å². The highest BCUT2D eigenvalue weighted by Crippen LogP contribution is 2.26. The van der Waals surface area contributed by atoms with Crippen molar-refractivity contribution < 1.29 is 14.1 Å². The van der Waals surface area contributed by atoms with Crippen LogP contribution >= 0.6 is 22.6 Å². The summed E-state index contributed by atoms with van der Waals surface area (Å²) in [5, 5.41) is 3.91. The normalized spacial score (nSPS) is 10.3. The molecule has 1 aromatic heterocycles. The van der Waals surface area contributed by atoms with Crippen molar-refractivity contribution in [3.8, 4) is 11.3 Å². The van der Waals surface area contributed by atoms with Gasteiger partial charge in [-0.3, -0.25) is 0 Å². The Morgan fingerprint density at radius 3 is 2.59 bits per heavy atom. The summed E-state index contributed by atoms with van der Waals surface area (Å²) in [6, 6.07) is 7.68. The minimum absolute atomic E-state index is 0.383. The summed E-state index contributed by atoms with van der Waals surface area (Å²) in [7, 11) is 1.34. The van der Waals surface area contributed by atoms with Crippen LogP contribution in [0, 0.1) is 10.5 Å². The molecule has 88 valence electrons. The van der Waals surface area contributed by atoms with E-state index in [-0.39, 0.29) is 0 Å². The van der Waals surface area contributed by atoms with Crippen LogP contribution in [0.5, 0.6) is 0 Å².